The van der Waals surface area contributed by atoms with Crippen LogP contribution in [0.15, 0.2) is 18.2 Å². The highest BCUT2D eigenvalue weighted by Crippen LogP contribution is 2.32. The zero-order valence-corrected chi connectivity index (χ0v) is 19.7. The molecule has 2 saturated heterocycles. The molecule has 0 aromatic heterocycles. The molecule has 33 heavy (non-hydrogen) atoms. The molecule has 1 N–H and O–H groups in total. The lowest BCUT2D eigenvalue weighted by molar-refractivity contribution is -0.136. The number of ether oxygens (including phenoxy) is 1. The number of nitrogens with one attached hydrogen (secondary N) is 1. The average Bonchev–Trinajstić information content (AvgIpc) is 3.08. The van der Waals surface area contributed by atoms with Gasteiger partial charge in [0.15, 0.2) is 0 Å². The van der Waals surface area contributed by atoms with E-state index in [9.17, 15) is 19.2 Å². The average molecular weight is 457 g/mol. The minimum absolute atomic E-state index is 0.167. The number of hydrogen-bond acceptors (Lipinski definition) is 6. The van der Waals surface area contributed by atoms with Crippen molar-refractivity contribution in [2.24, 2.45) is 0 Å². The van der Waals surface area contributed by atoms with E-state index in [1.54, 1.807) is 9.80 Å². The minimum Gasteiger partial charge on any atom is -0.444 e. The van der Waals surface area contributed by atoms with Crippen LogP contribution in [0.1, 0.15) is 62.4 Å². The Labute approximate surface area is 194 Å². The number of nitrogens with zero attached hydrogens (tertiary/aromatic N) is 3. The van der Waals surface area contributed by atoms with Crippen LogP contribution >= 0.6 is 0 Å². The van der Waals surface area contributed by atoms with Gasteiger partial charge in [-0.3, -0.25) is 19.7 Å². The highest BCUT2D eigenvalue weighted by molar-refractivity contribution is 6.05. The molecule has 1 aromatic carbocycles. The van der Waals surface area contributed by atoms with Crippen LogP contribution in [0.5, 0.6) is 0 Å². The Morgan fingerprint density at radius 2 is 1.82 bits per heavy atom. The Morgan fingerprint density at radius 3 is 2.45 bits per heavy atom. The molecule has 9 nitrogen and oxygen atoms in total. The summed E-state index contributed by atoms with van der Waals surface area (Å²) in [6.45, 7) is 7.23. The van der Waals surface area contributed by atoms with Gasteiger partial charge >= 0.3 is 6.09 Å². The third-order valence-electron chi connectivity index (χ3n) is 6.58. The quantitative estimate of drug-likeness (QED) is 0.701. The van der Waals surface area contributed by atoms with E-state index in [1.807, 2.05) is 46.0 Å². The van der Waals surface area contributed by atoms with Crippen LogP contribution in [0.25, 0.3) is 0 Å². The van der Waals surface area contributed by atoms with Crippen LogP contribution in [0.4, 0.5) is 10.5 Å². The van der Waals surface area contributed by atoms with E-state index in [0.29, 0.717) is 31.6 Å². The summed E-state index contributed by atoms with van der Waals surface area (Å²) in [5.41, 5.74) is 1.99. The molecule has 9 heteroatoms. The number of likely N-dealkylation sites (tertiary alicyclic amines) is 1. The second-order valence-corrected chi connectivity index (χ2v) is 10.1. The zero-order valence-electron chi connectivity index (χ0n) is 19.7. The second-order valence-electron chi connectivity index (χ2n) is 10.1. The lowest BCUT2D eigenvalue weighted by atomic mass is 10.0. The summed E-state index contributed by atoms with van der Waals surface area (Å²) in [5.74, 6) is -0.858. The molecular weight excluding hydrogens is 424 g/mol. The van der Waals surface area contributed by atoms with Crippen molar-refractivity contribution in [1.82, 2.24) is 15.1 Å². The predicted molar refractivity (Wildman–Crippen MR) is 122 cm³/mol. The molecular formula is C24H32N4O5. The molecule has 3 aliphatic rings. The summed E-state index contributed by atoms with van der Waals surface area (Å²) in [4.78, 5) is 54.5. The Hall–Kier alpha value is -3.10. The number of piperidine rings is 2. The summed E-state index contributed by atoms with van der Waals surface area (Å²) >= 11 is 0. The van der Waals surface area contributed by atoms with Crippen LogP contribution in [0.2, 0.25) is 0 Å². The summed E-state index contributed by atoms with van der Waals surface area (Å²) in [7, 11) is 2.03. The third-order valence-corrected chi connectivity index (χ3v) is 6.58. The summed E-state index contributed by atoms with van der Waals surface area (Å²) in [5, 5.41) is 2.33. The Balaban J connectivity index is 1.39. The van der Waals surface area contributed by atoms with Crippen molar-refractivity contribution in [1.29, 1.82) is 0 Å². The molecule has 3 aliphatic heterocycles. The van der Waals surface area contributed by atoms with Crippen LogP contribution in [-0.2, 0) is 20.9 Å². The SMILES string of the molecule is CN(c1ccc2c(c1)CN(C1CCC(=O)NC1=O)C2=O)C1CCN(C(=O)OC(C)(C)C)CC1. The van der Waals surface area contributed by atoms with Gasteiger partial charge in [-0.25, -0.2) is 4.79 Å². The van der Waals surface area contributed by atoms with E-state index in [1.165, 1.54) is 0 Å². The number of anilines is 1. The van der Waals surface area contributed by atoms with Gasteiger partial charge in [-0.2, -0.15) is 0 Å². The lowest BCUT2D eigenvalue weighted by Crippen LogP contribution is -2.52. The molecule has 0 spiro atoms. The normalized spacial score (nSPS) is 21.7. The summed E-state index contributed by atoms with van der Waals surface area (Å²) < 4.78 is 5.48. The van der Waals surface area contributed by atoms with Crippen LogP contribution in [0.3, 0.4) is 0 Å². The van der Waals surface area contributed by atoms with E-state index in [0.717, 1.165) is 24.1 Å². The van der Waals surface area contributed by atoms with Gasteiger partial charge in [0, 0.05) is 50.4 Å². The van der Waals surface area contributed by atoms with Crippen molar-refractivity contribution in [2.45, 2.75) is 70.7 Å². The van der Waals surface area contributed by atoms with Crippen molar-refractivity contribution in [3.05, 3.63) is 29.3 Å². The van der Waals surface area contributed by atoms with Crippen molar-refractivity contribution in [2.75, 3.05) is 25.0 Å². The largest absolute Gasteiger partial charge is 0.444 e. The molecule has 1 aromatic rings. The fourth-order valence-corrected chi connectivity index (χ4v) is 4.75. The lowest BCUT2D eigenvalue weighted by Gasteiger charge is -2.38. The second kappa shape index (κ2) is 8.68. The maximum Gasteiger partial charge on any atom is 0.410 e. The third kappa shape index (κ3) is 4.82. The minimum atomic E-state index is -0.610. The van der Waals surface area contributed by atoms with Crippen molar-refractivity contribution in [3.63, 3.8) is 0 Å². The van der Waals surface area contributed by atoms with Crippen LogP contribution < -0.4 is 10.2 Å². The van der Waals surface area contributed by atoms with Gasteiger partial charge in [0.2, 0.25) is 11.8 Å². The first kappa shape index (κ1) is 23.1. The molecule has 4 amide bonds. The topological polar surface area (TPSA) is 99.3 Å². The number of carbonyl (C=O) groups excluding carboxylic acids is 4. The van der Waals surface area contributed by atoms with Gasteiger partial charge in [-0.1, -0.05) is 0 Å². The van der Waals surface area contributed by atoms with Crippen molar-refractivity contribution in [3.8, 4) is 0 Å². The van der Waals surface area contributed by atoms with Crippen LogP contribution in [-0.4, -0.2) is 71.4 Å². The predicted octanol–water partition coefficient (Wildman–Crippen LogP) is 2.28. The molecule has 1 unspecified atom stereocenters. The number of imide groups is 1. The molecule has 0 aliphatic carbocycles. The van der Waals surface area contributed by atoms with Gasteiger partial charge < -0.3 is 19.4 Å². The first-order valence-electron chi connectivity index (χ1n) is 11.5. The smallest absolute Gasteiger partial charge is 0.410 e. The number of benzene rings is 1. The van der Waals surface area contributed by atoms with Gasteiger partial charge in [-0.05, 0) is 63.8 Å². The number of fused-ring (bicyclic) bond motifs is 1. The molecule has 3 heterocycles. The maximum atomic E-state index is 12.9. The van der Waals surface area contributed by atoms with Gasteiger partial charge in [0.1, 0.15) is 11.6 Å². The fraction of sp³-hybridized carbons (Fsp3) is 0.583. The van der Waals surface area contributed by atoms with E-state index in [4.69, 9.17) is 4.74 Å². The molecule has 2 fully saturated rings. The monoisotopic (exact) mass is 456 g/mol. The fourth-order valence-electron chi connectivity index (χ4n) is 4.75. The number of hydrogen-bond donors (Lipinski definition) is 1. The molecule has 0 radical (unpaired) electrons. The molecule has 4 rings (SSSR count). The number of amides is 4. The number of carbonyl (C=O) groups is 4. The highest BCUT2D eigenvalue weighted by Gasteiger charge is 2.39. The standard InChI is InChI=1S/C24H32N4O5/c1-24(2,3)33-23(32)27-11-9-16(10-12-27)26(4)17-5-6-18-15(13-17)14-28(22(18)31)19-7-8-20(29)25-21(19)30/h5-6,13,16,19H,7-12,14H2,1-4H3,(H,25,29,30). The Kier molecular flexibility index (Phi) is 6.07. The zero-order chi connectivity index (χ0) is 23.9. The Morgan fingerprint density at radius 1 is 1.12 bits per heavy atom. The van der Waals surface area contributed by atoms with Crippen molar-refractivity contribution < 1.29 is 23.9 Å². The van der Waals surface area contributed by atoms with E-state index in [-0.39, 0.29) is 30.4 Å². The molecule has 0 bridgehead atoms. The summed E-state index contributed by atoms with van der Waals surface area (Å²) in [6, 6.07) is 5.43. The molecule has 0 saturated carbocycles. The Bertz CT molecular complexity index is 978. The highest BCUT2D eigenvalue weighted by atomic mass is 16.6. The first-order chi connectivity index (χ1) is 15.5. The van der Waals surface area contributed by atoms with Gasteiger partial charge in [-0.15, -0.1) is 0 Å². The first-order valence-corrected chi connectivity index (χ1v) is 11.5. The van der Waals surface area contributed by atoms with Gasteiger partial charge in [0.05, 0.1) is 0 Å². The number of rotatable bonds is 3. The summed E-state index contributed by atoms with van der Waals surface area (Å²) in [6.07, 6.45) is 1.98. The molecule has 1 atom stereocenters. The van der Waals surface area contributed by atoms with Crippen LogP contribution in [0, 0.1) is 0 Å². The molecule has 178 valence electrons. The van der Waals surface area contributed by atoms with E-state index >= 15 is 0 Å². The van der Waals surface area contributed by atoms with E-state index in [2.05, 4.69) is 10.2 Å². The van der Waals surface area contributed by atoms with E-state index < -0.39 is 17.6 Å². The maximum absolute atomic E-state index is 12.9. The van der Waals surface area contributed by atoms with Crippen molar-refractivity contribution >= 4 is 29.5 Å². The van der Waals surface area contributed by atoms with Gasteiger partial charge in [0.25, 0.3) is 5.91 Å².